The minimum atomic E-state index is -0.906. The third kappa shape index (κ3) is 3.74. The van der Waals surface area contributed by atoms with Crippen LogP contribution in [-0.4, -0.2) is 30.8 Å². The number of carbonyl (C=O) groups is 1. The number of hydrogen-bond acceptors (Lipinski definition) is 3. The summed E-state index contributed by atoms with van der Waals surface area (Å²) in [5.41, 5.74) is 0.292. The van der Waals surface area contributed by atoms with E-state index in [4.69, 9.17) is 9.84 Å². The molecule has 0 aliphatic carbocycles. The summed E-state index contributed by atoms with van der Waals surface area (Å²) in [4.78, 5) is 10.7. The molecule has 0 atom stereocenters. The highest BCUT2D eigenvalue weighted by atomic mass is 16.5. The van der Waals surface area contributed by atoms with Crippen LogP contribution in [0.1, 0.15) is 29.6 Å². The highest BCUT2D eigenvalue weighted by Gasteiger charge is 2.12. The van der Waals surface area contributed by atoms with Crippen molar-refractivity contribution in [2.75, 3.05) is 19.7 Å². The summed E-state index contributed by atoms with van der Waals surface area (Å²) in [5.74, 6) is 0.592. The van der Waals surface area contributed by atoms with E-state index >= 15 is 0 Å². The maximum Gasteiger partial charge on any atom is 0.335 e. The molecule has 1 aromatic carbocycles. The molecule has 4 nitrogen and oxygen atoms in total. The normalized spacial score (nSPS) is 16.4. The van der Waals surface area contributed by atoms with E-state index in [9.17, 15) is 4.79 Å². The zero-order valence-corrected chi connectivity index (χ0v) is 10.4. The molecule has 2 rings (SSSR count). The fourth-order valence-corrected chi connectivity index (χ4v) is 2.21. The Morgan fingerprint density at radius 3 is 2.56 bits per heavy atom. The molecule has 0 radical (unpaired) electrons. The second-order valence-corrected chi connectivity index (χ2v) is 4.66. The van der Waals surface area contributed by atoms with Crippen molar-refractivity contribution in [2.45, 2.75) is 19.3 Å². The molecule has 0 saturated carbocycles. The van der Waals surface area contributed by atoms with E-state index in [1.165, 1.54) is 12.8 Å². The summed E-state index contributed by atoms with van der Waals surface area (Å²) in [5, 5.41) is 12.1. The Morgan fingerprint density at radius 2 is 1.94 bits per heavy atom. The zero-order chi connectivity index (χ0) is 12.8. The Morgan fingerprint density at radius 1 is 1.28 bits per heavy atom. The summed E-state index contributed by atoms with van der Waals surface area (Å²) >= 11 is 0. The van der Waals surface area contributed by atoms with E-state index in [0.29, 0.717) is 12.2 Å². The molecule has 0 unspecified atom stereocenters. The molecule has 1 aliphatic rings. The van der Waals surface area contributed by atoms with Crippen LogP contribution < -0.4 is 10.1 Å². The van der Waals surface area contributed by atoms with Gasteiger partial charge in [0.05, 0.1) is 12.2 Å². The molecule has 0 amide bonds. The van der Waals surface area contributed by atoms with E-state index in [0.717, 1.165) is 31.2 Å². The van der Waals surface area contributed by atoms with E-state index in [-0.39, 0.29) is 0 Å². The standard InChI is InChI=1S/C14H19NO3/c16-14(17)12-1-3-13(4-2-12)18-10-7-11-5-8-15-9-6-11/h1-4,11,15H,5-10H2,(H,16,17). The van der Waals surface area contributed by atoms with Crippen molar-refractivity contribution in [3.63, 3.8) is 0 Å². The number of carboxylic acid groups (broad SMARTS) is 1. The van der Waals surface area contributed by atoms with Gasteiger partial charge < -0.3 is 15.2 Å². The summed E-state index contributed by atoms with van der Waals surface area (Å²) in [6.45, 7) is 2.92. The van der Waals surface area contributed by atoms with E-state index in [1.807, 2.05) is 0 Å². The molecule has 0 spiro atoms. The van der Waals surface area contributed by atoms with Gasteiger partial charge in [0, 0.05) is 0 Å². The number of carboxylic acids is 1. The smallest absolute Gasteiger partial charge is 0.335 e. The van der Waals surface area contributed by atoms with Crippen LogP contribution in [-0.2, 0) is 0 Å². The molecule has 1 heterocycles. The molecule has 4 heteroatoms. The molecule has 1 aromatic rings. The monoisotopic (exact) mass is 249 g/mol. The van der Waals surface area contributed by atoms with Crippen LogP contribution in [0.15, 0.2) is 24.3 Å². The Hall–Kier alpha value is -1.55. The molecule has 1 saturated heterocycles. The number of aromatic carboxylic acids is 1. The molecular formula is C14H19NO3. The minimum Gasteiger partial charge on any atom is -0.494 e. The van der Waals surface area contributed by atoms with Crippen LogP contribution in [0.5, 0.6) is 5.75 Å². The molecular weight excluding hydrogens is 230 g/mol. The minimum absolute atomic E-state index is 0.292. The lowest BCUT2D eigenvalue weighted by molar-refractivity contribution is 0.0697. The van der Waals surface area contributed by atoms with Gasteiger partial charge in [-0.15, -0.1) is 0 Å². The number of nitrogens with one attached hydrogen (secondary N) is 1. The number of benzene rings is 1. The predicted octanol–water partition coefficient (Wildman–Crippen LogP) is 2.15. The largest absolute Gasteiger partial charge is 0.494 e. The topological polar surface area (TPSA) is 58.6 Å². The highest BCUT2D eigenvalue weighted by Crippen LogP contribution is 2.17. The first-order chi connectivity index (χ1) is 8.75. The first-order valence-electron chi connectivity index (χ1n) is 6.42. The fourth-order valence-electron chi connectivity index (χ4n) is 2.21. The van der Waals surface area contributed by atoms with Gasteiger partial charge >= 0.3 is 5.97 Å². The first-order valence-corrected chi connectivity index (χ1v) is 6.42. The van der Waals surface area contributed by atoms with Crippen LogP contribution in [0.25, 0.3) is 0 Å². The summed E-state index contributed by atoms with van der Waals surface area (Å²) in [7, 11) is 0. The van der Waals surface area contributed by atoms with Gasteiger partial charge in [-0.2, -0.15) is 0 Å². The van der Waals surface area contributed by atoms with Crippen LogP contribution in [0.2, 0.25) is 0 Å². The lowest BCUT2D eigenvalue weighted by Crippen LogP contribution is -2.28. The second kappa shape index (κ2) is 6.40. The summed E-state index contributed by atoms with van der Waals surface area (Å²) < 4.78 is 5.63. The Labute approximate surface area is 107 Å². The first kappa shape index (κ1) is 12.9. The number of rotatable bonds is 5. The van der Waals surface area contributed by atoms with Crippen molar-refractivity contribution in [1.82, 2.24) is 5.32 Å². The molecule has 2 N–H and O–H groups in total. The quantitative estimate of drug-likeness (QED) is 0.839. The van der Waals surface area contributed by atoms with E-state index in [1.54, 1.807) is 24.3 Å². The van der Waals surface area contributed by atoms with Crippen LogP contribution in [0.3, 0.4) is 0 Å². The van der Waals surface area contributed by atoms with Crippen molar-refractivity contribution in [2.24, 2.45) is 5.92 Å². The van der Waals surface area contributed by atoms with Gasteiger partial charge in [-0.1, -0.05) is 0 Å². The van der Waals surface area contributed by atoms with E-state index in [2.05, 4.69) is 5.32 Å². The summed E-state index contributed by atoms with van der Waals surface area (Å²) in [6, 6.07) is 6.57. The zero-order valence-electron chi connectivity index (χ0n) is 10.4. The van der Waals surface area contributed by atoms with Gasteiger partial charge in [0.15, 0.2) is 0 Å². The van der Waals surface area contributed by atoms with E-state index < -0.39 is 5.97 Å². The van der Waals surface area contributed by atoms with Gasteiger partial charge in [-0.05, 0) is 62.5 Å². The van der Waals surface area contributed by atoms with Crippen molar-refractivity contribution in [3.05, 3.63) is 29.8 Å². The second-order valence-electron chi connectivity index (χ2n) is 4.66. The number of piperidine rings is 1. The Kier molecular flexibility index (Phi) is 4.59. The fraction of sp³-hybridized carbons (Fsp3) is 0.500. The maximum absolute atomic E-state index is 10.7. The number of hydrogen-bond donors (Lipinski definition) is 2. The molecule has 1 fully saturated rings. The average molecular weight is 249 g/mol. The van der Waals surface area contributed by atoms with Crippen molar-refractivity contribution in [1.29, 1.82) is 0 Å². The van der Waals surface area contributed by atoms with Crippen LogP contribution in [0, 0.1) is 5.92 Å². The maximum atomic E-state index is 10.7. The average Bonchev–Trinajstić information content (AvgIpc) is 2.40. The van der Waals surface area contributed by atoms with Gasteiger partial charge in [0.1, 0.15) is 5.75 Å². The highest BCUT2D eigenvalue weighted by molar-refractivity contribution is 5.87. The SMILES string of the molecule is O=C(O)c1ccc(OCCC2CCNCC2)cc1. The van der Waals surface area contributed by atoms with Crippen LogP contribution >= 0.6 is 0 Å². The predicted molar refractivity (Wildman–Crippen MR) is 69.1 cm³/mol. The molecule has 0 aromatic heterocycles. The number of ether oxygens (including phenoxy) is 1. The van der Waals surface area contributed by atoms with Crippen molar-refractivity contribution in [3.8, 4) is 5.75 Å². The Bertz CT molecular complexity index is 383. The third-order valence-electron chi connectivity index (χ3n) is 3.35. The van der Waals surface area contributed by atoms with Crippen molar-refractivity contribution < 1.29 is 14.6 Å². The van der Waals surface area contributed by atoms with Gasteiger partial charge in [0.25, 0.3) is 0 Å². The molecule has 1 aliphatic heterocycles. The lowest BCUT2D eigenvalue weighted by atomic mass is 9.95. The summed E-state index contributed by atoms with van der Waals surface area (Å²) in [6.07, 6.45) is 3.52. The lowest BCUT2D eigenvalue weighted by Gasteiger charge is -2.22. The molecule has 98 valence electrons. The molecule has 18 heavy (non-hydrogen) atoms. The van der Waals surface area contributed by atoms with Gasteiger partial charge in [-0.25, -0.2) is 4.79 Å². The Balaban J connectivity index is 1.74. The van der Waals surface area contributed by atoms with Crippen molar-refractivity contribution >= 4 is 5.97 Å². The third-order valence-corrected chi connectivity index (χ3v) is 3.35. The van der Waals surface area contributed by atoms with Gasteiger partial charge in [0.2, 0.25) is 0 Å². The van der Waals surface area contributed by atoms with Crippen LogP contribution in [0.4, 0.5) is 0 Å². The van der Waals surface area contributed by atoms with Gasteiger partial charge in [-0.3, -0.25) is 0 Å². The molecule has 0 bridgehead atoms.